The standard InChI is InChI=1S/C24H23NO5/c1-28-16-17-8-6-11-19(14-17)24(27)30-22(18-9-4-3-5-10-18)23(26)25-20-12-7-13-21(15-20)29-2/h3-15,22H,16H2,1-2H3,(H,25,26)/t22-/m0/s1. The number of benzene rings is 3. The fourth-order valence-electron chi connectivity index (χ4n) is 2.94. The van der Waals surface area contributed by atoms with Gasteiger partial charge in [0.15, 0.2) is 0 Å². The van der Waals surface area contributed by atoms with Crippen molar-refractivity contribution in [2.24, 2.45) is 0 Å². The number of esters is 1. The van der Waals surface area contributed by atoms with Gasteiger partial charge in [-0.2, -0.15) is 0 Å². The average molecular weight is 405 g/mol. The van der Waals surface area contributed by atoms with Gasteiger partial charge < -0.3 is 19.5 Å². The van der Waals surface area contributed by atoms with Gasteiger partial charge >= 0.3 is 5.97 Å². The molecule has 0 aliphatic carbocycles. The van der Waals surface area contributed by atoms with Gasteiger partial charge in [0.25, 0.3) is 5.91 Å². The second-order valence-corrected chi connectivity index (χ2v) is 6.55. The van der Waals surface area contributed by atoms with Crippen molar-refractivity contribution >= 4 is 17.6 Å². The third-order valence-corrected chi connectivity index (χ3v) is 4.38. The molecule has 1 amide bonds. The van der Waals surface area contributed by atoms with Gasteiger partial charge in [0, 0.05) is 24.4 Å². The number of hydrogen-bond acceptors (Lipinski definition) is 5. The number of rotatable bonds is 8. The summed E-state index contributed by atoms with van der Waals surface area (Å²) in [6.07, 6.45) is -1.11. The van der Waals surface area contributed by atoms with Crippen LogP contribution in [-0.2, 0) is 20.9 Å². The number of carbonyl (C=O) groups excluding carboxylic acids is 2. The molecular weight excluding hydrogens is 382 g/mol. The molecule has 0 heterocycles. The summed E-state index contributed by atoms with van der Waals surface area (Å²) in [7, 11) is 3.13. The minimum Gasteiger partial charge on any atom is -0.497 e. The van der Waals surface area contributed by atoms with Crippen LogP contribution in [0, 0.1) is 0 Å². The lowest BCUT2D eigenvalue weighted by Crippen LogP contribution is -2.26. The number of anilines is 1. The second kappa shape index (κ2) is 10.2. The van der Waals surface area contributed by atoms with Crippen molar-refractivity contribution in [3.05, 3.63) is 95.6 Å². The first-order valence-electron chi connectivity index (χ1n) is 9.39. The lowest BCUT2D eigenvalue weighted by Gasteiger charge is -2.18. The van der Waals surface area contributed by atoms with Gasteiger partial charge in [-0.1, -0.05) is 48.5 Å². The Balaban J connectivity index is 1.83. The summed E-state index contributed by atoms with van der Waals surface area (Å²) in [4.78, 5) is 25.8. The highest BCUT2D eigenvalue weighted by molar-refractivity contribution is 5.98. The molecule has 6 heteroatoms. The highest BCUT2D eigenvalue weighted by Gasteiger charge is 2.26. The molecule has 0 unspecified atom stereocenters. The second-order valence-electron chi connectivity index (χ2n) is 6.55. The van der Waals surface area contributed by atoms with E-state index in [9.17, 15) is 9.59 Å². The van der Waals surface area contributed by atoms with Crippen LogP contribution in [0.4, 0.5) is 5.69 Å². The lowest BCUT2D eigenvalue weighted by atomic mass is 10.1. The molecule has 0 bridgehead atoms. The van der Waals surface area contributed by atoms with Crippen LogP contribution < -0.4 is 10.1 Å². The van der Waals surface area contributed by atoms with Crippen LogP contribution in [0.1, 0.15) is 27.6 Å². The summed E-state index contributed by atoms with van der Waals surface area (Å²) in [5.74, 6) is -0.450. The molecule has 0 saturated heterocycles. The number of methoxy groups -OCH3 is 2. The molecule has 0 spiro atoms. The monoisotopic (exact) mass is 405 g/mol. The van der Waals surface area contributed by atoms with Crippen molar-refractivity contribution in [2.75, 3.05) is 19.5 Å². The molecule has 154 valence electrons. The lowest BCUT2D eigenvalue weighted by molar-refractivity contribution is -0.125. The summed E-state index contributed by atoms with van der Waals surface area (Å²) in [5.41, 5.74) is 2.29. The normalized spacial score (nSPS) is 11.4. The Labute approximate surface area is 175 Å². The topological polar surface area (TPSA) is 73.9 Å². The molecule has 3 rings (SSSR count). The van der Waals surface area contributed by atoms with Gasteiger partial charge in [0.05, 0.1) is 19.3 Å². The molecule has 3 aromatic rings. The summed E-state index contributed by atoms with van der Waals surface area (Å²) in [5, 5.41) is 2.79. The largest absolute Gasteiger partial charge is 0.497 e. The fourth-order valence-corrected chi connectivity index (χ4v) is 2.94. The van der Waals surface area contributed by atoms with E-state index < -0.39 is 18.0 Å². The van der Waals surface area contributed by atoms with Crippen LogP contribution in [-0.4, -0.2) is 26.1 Å². The Morgan fingerprint density at radius 2 is 1.67 bits per heavy atom. The van der Waals surface area contributed by atoms with Crippen molar-refractivity contribution in [1.29, 1.82) is 0 Å². The Kier molecular flexibility index (Phi) is 7.19. The predicted octanol–water partition coefficient (Wildman–Crippen LogP) is 4.38. The summed E-state index contributed by atoms with van der Waals surface area (Å²) in [6.45, 7) is 0.375. The molecule has 3 aromatic carbocycles. The first kappa shape index (κ1) is 21.1. The van der Waals surface area contributed by atoms with Gasteiger partial charge in [-0.25, -0.2) is 4.79 Å². The van der Waals surface area contributed by atoms with Crippen molar-refractivity contribution in [3.63, 3.8) is 0 Å². The molecular formula is C24H23NO5. The maximum absolute atomic E-state index is 13.0. The fraction of sp³-hybridized carbons (Fsp3) is 0.167. The Morgan fingerprint density at radius 3 is 2.40 bits per heavy atom. The van der Waals surface area contributed by atoms with Crippen LogP contribution in [0.15, 0.2) is 78.9 Å². The number of amides is 1. The molecule has 0 aliphatic heterocycles. The van der Waals surface area contributed by atoms with Crippen LogP contribution in [0.3, 0.4) is 0 Å². The Bertz CT molecular complexity index is 1000. The zero-order valence-electron chi connectivity index (χ0n) is 16.8. The van der Waals surface area contributed by atoms with Crippen molar-refractivity contribution in [3.8, 4) is 5.75 Å². The number of carbonyl (C=O) groups is 2. The molecule has 0 aromatic heterocycles. The summed E-state index contributed by atoms with van der Waals surface area (Å²) >= 11 is 0. The minimum absolute atomic E-state index is 0.347. The van der Waals surface area contributed by atoms with E-state index in [1.165, 1.54) is 0 Å². The van der Waals surface area contributed by atoms with Crippen LogP contribution in [0.25, 0.3) is 0 Å². The maximum atomic E-state index is 13.0. The Hall–Kier alpha value is -3.64. The van der Waals surface area contributed by atoms with E-state index in [2.05, 4.69) is 5.32 Å². The molecule has 30 heavy (non-hydrogen) atoms. The zero-order valence-corrected chi connectivity index (χ0v) is 16.8. The SMILES string of the molecule is COCc1cccc(C(=O)O[C@H](C(=O)Nc2cccc(OC)c2)c2ccccc2)c1. The quantitative estimate of drug-likeness (QED) is 0.563. The van der Waals surface area contributed by atoms with Crippen molar-refractivity contribution < 1.29 is 23.8 Å². The first-order chi connectivity index (χ1) is 14.6. The van der Waals surface area contributed by atoms with E-state index in [4.69, 9.17) is 14.2 Å². The predicted molar refractivity (Wildman–Crippen MR) is 113 cm³/mol. The molecule has 0 aliphatic rings. The van der Waals surface area contributed by atoms with Gasteiger partial charge in [-0.15, -0.1) is 0 Å². The van der Waals surface area contributed by atoms with Gasteiger partial charge in [0.2, 0.25) is 6.10 Å². The van der Waals surface area contributed by atoms with Crippen LogP contribution in [0.2, 0.25) is 0 Å². The van der Waals surface area contributed by atoms with E-state index in [-0.39, 0.29) is 0 Å². The van der Waals surface area contributed by atoms with Gasteiger partial charge in [-0.05, 0) is 29.8 Å². The van der Waals surface area contributed by atoms with E-state index in [1.54, 1.807) is 80.9 Å². The van der Waals surface area contributed by atoms with E-state index in [1.807, 2.05) is 12.1 Å². The number of hydrogen-bond donors (Lipinski definition) is 1. The molecule has 1 atom stereocenters. The highest BCUT2D eigenvalue weighted by Crippen LogP contribution is 2.23. The highest BCUT2D eigenvalue weighted by atomic mass is 16.5. The van der Waals surface area contributed by atoms with Crippen molar-refractivity contribution in [2.45, 2.75) is 12.7 Å². The van der Waals surface area contributed by atoms with E-state index >= 15 is 0 Å². The zero-order chi connectivity index (χ0) is 21.3. The number of ether oxygens (including phenoxy) is 3. The van der Waals surface area contributed by atoms with E-state index in [0.717, 1.165) is 5.56 Å². The molecule has 6 nitrogen and oxygen atoms in total. The van der Waals surface area contributed by atoms with Gasteiger partial charge in [-0.3, -0.25) is 4.79 Å². The molecule has 1 N–H and O–H groups in total. The Morgan fingerprint density at radius 1 is 0.900 bits per heavy atom. The van der Waals surface area contributed by atoms with Crippen LogP contribution >= 0.6 is 0 Å². The van der Waals surface area contributed by atoms with Gasteiger partial charge in [0.1, 0.15) is 5.75 Å². The average Bonchev–Trinajstić information content (AvgIpc) is 2.78. The van der Waals surface area contributed by atoms with E-state index in [0.29, 0.717) is 29.2 Å². The summed E-state index contributed by atoms with van der Waals surface area (Å²) in [6, 6.07) is 22.8. The maximum Gasteiger partial charge on any atom is 0.339 e. The number of nitrogens with one attached hydrogen (secondary N) is 1. The molecule has 0 fully saturated rings. The summed E-state index contributed by atoms with van der Waals surface area (Å²) < 4.78 is 15.9. The molecule has 0 saturated carbocycles. The van der Waals surface area contributed by atoms with Crippen molar-refractivity contribution in [1.82, 2.24) is 0 Å². The molecule has 0 radical (unpaired) electrons. The van der Waals surface area contributed by atoms with Crippen LogP contribution in [0.5, 0.6) is 5.75 Å². The smallest absolute Gasteiger partial charge is 0.339 e. The third kappa shape index (κ3) is 5.46. The third-order valence-electron chi connectivity index (χ3n) is 4.38. The first-order valence-corrected chi connectivity index (χ1v) is 9.39. The minimum atomic E-state index is -1.11.